The van der Waals surface area contributed by atoms with Gasteiger partial charge in [-0.05, 0) is 17.5 Å². The van der Waals surface area contributed by atoms with Crippen molar-refractivity contribution in [2.45, 2.75) is 19.8 Å². The highest BCUT2D eigenvalue weighted by Crippen LogP contribution is 2.07. The maximum Gasteiger partial charge on any atom is -0.0256 e. The first-order valence-electron chi connectivity index (χ1n) is 4.75. The van der Waals surface area contributed by atoms with Gasteiger partial charge in [-0.1, -0.05) is 62.4 Å². The van der Waals surface area contributed by atoms with Crippen molar-refractivity contribution in [2.24, 2.45) is 0 Å². The average Bonchev–Trinajstić information content (AvgIpc) is 2.17. The van der Waals surface area contributed by atoms with Crippen LogP contribution >= 0.6 is 0 Å². The van der Waals surface area contributed by atoms with E-state index in [4.69, 9.17) is 0 Å². The fourth-order valence-electron chi connectivity index (χ4n) is 1.26. The van der Waals surface area contributed by atoms with Crippen LogP contribution in [0.2, 0.25) is 0 Å². The van der Waals surface area contributed by atoms with E-state index < -0.39 is 0 Å². The summed E-state index contributed by atoms with van der Waals surface area (Å²) in [6, 6.07) is 8.66. The molecule has 0 radical (unpaired) electrons. The van der Waals surface area contributed by atoms with E-state index in [1.807, 2.05) is 6.08 Å². The number of aryl methyl sites for hydroxylation is 1. The van der Waals surface area contributed by atoms with Crippen LogP contribution in [0.15, 0.2) is 43.0 Å². The van der Waals surface area contributed by atoms with Crippen molar-refractivity contribution in [3.63, 3.8) is 0 Å². The highest BCUT2D eigenvalue weighted by Gasteiger charge is 1.89. The molecule has 0 atom stereocenters. The largest absolute Gasteiger partial charge is 0.0991 e. The molecule has 1 rings (SSSR count). The van der Waals surface area contributed by atoms with Gasteiger partial charge in [-0.15, -0.1) is 0 Å². The van der Waals surface area contributed by atoms with Crippen LogP contribution in [-0.4, -0.2) is 0 Å². The van der Waals surface area contributed by atoms with E-state index >= 15 is 0 Å². The van der Waals surface area contributed by atoms with E-state index in [1.165, 1.54) is 24.0 Å². The summed E-state index contributed by atoms with van der Waals surface area (Å²) in [5.74, 6) is 0. The summed E-state index contributed by atoms with van der Waals surface area (Å²) in [5, 5.41) is 0. The Balaban J connectivity index is 2.69. The third kappa shape index (κ3) is 3.29. The standard InChI is InChI=1S/C13H16/c1-3-5-7-13-10-8-12(6-4-2)9-11-13/h3,5,7-11H,1,4,6H2,2H3. The van der Waals surface area contributed by atoms with Gasteiger partial charge in [-0.2, -0.15) is 0 Å². The van der Waals surface area contributed by atoms with Crippen LogP contribution < -0.4 is 0 Å². The van der Waals surface area contributed by atoms with Crippen molar-refractivity contribution in [2.75, 3.05) is 0 Å². The highest BCUT2D eigenvalue weighted by atomic mass is 14.0. The van der Waals surface area contributed by atoms with Crippen molar-refractivity contribution in [1.29, 1.82) is 0 Å². The molecule has 0 aromatic heterocycles. The maximum atomic E-state index is 3.64. The van der Waals surface area contributed by atoms with Crippen molar-refractivity contribution >= 4 is 6.08 Å². The smallest absolute Gasteiger partial charge is 0.0256 e. The van der Waals surface area contributed by atoms with Gasteiger partial charge >= 0.3 is 0 Å². The van der Waals surface area contributed by atoms with Crippen molar-refractivity contribution < 1.29 is 0 Å². The Morgan fingerprint density at radius 3 is 2.46 bits per heavy atom. The molecule has 0 amide bonds. The summed E-state index contributed by atoms with van der Waals surface area (Å²) in [6.45, 7) is 5.84. The molecule has 1 aromatic rings. The molecule has 0 fully saturated rings. The average molecular weight is 172 g/mol. The molecule has 0 heterocycles. The quantitative estimate of drug-likeness (QED) is 0.605. The summed E-state index contributed by atoms with van der Waals surface area (Å²) in [4.78, 5) is 0. The van der Waals surface area contributed by atoms with Gasteiger partial charge in [0, 0.05) is 0 Å². The van der Waals surface area contributed by atoms with E-state index in [9.17, 15) is 0 Å². The van der Waals surface area contributed by atoms with Gasteiger partial charge in [-0.3, -0.25) is 0 Å². The first kappa shape index (κ1) is 9.79. The zero-order valence-corrected chi connectivity index (χ0v) is 8.16. The second kappa shape index (κ2) is 5.36. The van der Waals surface area contributed by atoms with Crippen LogP contribution in [0.4, 0.5) is 0 Å². The highest BCUT2D eigenvalue weighted by molar-refractivity contribution is 5.51. The Kier molecular flexibility index (Phi) is 4.04. The molecule has 0 spiro atoms. The molecule has 0 saturated heterocycles. The lowest BCUT2D eigenvalue weighted by molar-refractivity contribution is 0.922. The molecule has 0 heteroatoms. The number of rotatable bonds is 4. The van der Waals surface area contributed by atoms with E-state index in [2.05, 4.69) is 43.8 Å². The van der Waals surface area contributed by atoms with E-state index in [0.717, 1.165) is 0 Å². The summed E-state index contributed by atoms with van der Waals surface area (Å²) < 4.78 is 0. The number of allylic oxidation sites excluding steroid dienone is 2. The minimum Gasteiger partial charge on any atom is -0.0991 e. The monoisotopic (exact) mass is 172 g/mol. The Hall–Kier alpha value is -1.30. The van der Waals surface area contributed by atoms with Gasteiger partial charge < -0.3 is 0 Å². The minimum absolute atomic E-state index is 1.17. The lowest BCUT2D eigenvalue weighted by atomic mass is 10.1. The fourth-order valence-corrected chi connectivity index (χ4v) is 1.26. The topological polar surface area (TPSA) is 0 Å². The van der Waals surface area contributed by atoms with Crippen LogP contribution in [0.3, 0.4) is 0 Å². The SMILES string of the molecule is C=CC=Cc1ccc(CCC)cc1. The van der Waals surface area contributed by atoms with Crippen LogP contribution in [0, 0.1) is 0 Å². The lowest BCUT2D eigenvalue weighted by Gasteiger charge is -1.98. The fraction of sp³-hybridized carbons (Fsp3) is 0.231. The Bertz CT molecular complexity index is 277. The number of hydrogen-bond acceptors (Lipinski definition) is 0. The maximum absolute atomic E-state index is 3.64. The molecule has 68 valence electrons. The molecule has 0 unspecified atom stereocenters. The van der Waals surface area contributed by atoms with Gasteiger partial charge in [-0.25, -0.2) is 0 Å². The van der Waals surface area contributed by atoms with Crippen molar-refractivity contribution in [1.82, 2.24) is 0 Å². The first-order valence-corrected chi connectivity index (χ1v) is 4.75. The molecule has 0 aliphatic heterocycles. The predicted molar refractivity (Wildman–Crippen MR) is 59.7 cm³/mol. The summed E-state index contributed by atoms with van der Waals surface area (Å²) in [7, 11) is 0. The Morgan fingerprint density at radius 1 is 1.23 bits per heavy atom. The lowest BCUT2D eigenvalue weighted by Crippen LogP contribution is -1.81. The zero-order valence-electron chi connectivity index (χ0n) is 8.16. The summed E-state index contributed by atoms with van der Waals surface area (Å²) >= 11 is 0. The van der Waals surface area contributed by atoms with Crippen LogP contribution in [0.5, 0.6) is 0 Å². The van der Waals surface area contributed by atoms with Gasteiger partial charge in [0.2, 0.25) is 0 Å². The molecular formula is C13H16. The molecule has 0 saturated carbocycles. The number of benzene rings is 1. The Morgan fingerprint density at radius 2 is 1.92 bits per heavy atom. The van der Waals surface area contributed by atoms with Gasteiger partial charge in [0.1, 0.15) is 0 Å². The molecule has 0 N–H and O–H groups in total. The zero-order chi connectivity index (χ0) is 9.52. The molecule has 0 aliphatic carbocycles. The molecule has 0 nitrogen and oxygen atoms in total. The third-order valence-corrected chi connectivity index (χ3v) is 1.94. The van der Waals surface area contributed by atoms with Crippen LogP contribution in [0.1, 0.15) is 24.5 Å². The molecule has 0 aliphatic rings. The van der Waals surface area contributed by atoms with Gasteiger partial charge in [0.05, 0.1) is 0 Å². The molecule has 1 aromatic carbocycles. The van der Waals surface area contributed by atoms with E-state index in [0.29, 0.717) is 0 Å². The van der Waals surface area contributed by atoms with Gasteiger partial charge in [0.15, 0.2) is 0 Å². The third-order valence-electron chi connectivity index (χ3n) is 1.94. The predicted octanol–water partition coefficient (Wildman–Crippen LogP) is 3.84. The first-order chi connectivity index (χ1) is 6.36. The summed E-state index contributed by atoms with van der Waals surface area (Å²) in [6.07, 6.45) is 8.19. The molecule has 0 bridgehead atoms. The van der Waals surface area contributed by atoms with E-state index in [-0.39, 0.29) is 0 Å². The van der Waals surface area contributed by atoms with Crippen LogP contribution in [-0.2, 0) is 6.42 Å². The molecular weight excluding hydrogens is 156 g/mol. The second-order valence-corrected chi connectivity index (χ2v) is 3.09. The second-order valence-electron chi connectivity index (χ2n) is 3.09. The number of hydrogen-bond donors (Lipinski definition) is 0. The minimum atomic E-state index is 1.17. The van der Waals surface area contributed by atoms with Crippen molar-refractivity contribution in [3.8, 4) is 0 Å². The van der Waals surface area contributed by atoms with E-state index in [1.54, 1.807) is 6.08 Å². The Labute approximate surface area is 80.6 Å². The molecule has 13 heavy (non-hydrogen) atoms. The van der Waals surface area contributed by atoms with Crippen LogP contribution in [0.25, 0.3) is 6.08 Å². The summed E-state index contributed by atoms with van der Waals surface area (Å²) in [5.41, 5.74) is 2.65. The normalized spacial score (nSPS) is 10.5. The van der Waals surface area contributed by atoms with Gasteiger partial charge in [0.25, 0.3) is 0 Å². The van der Waals surface area contributed by atoms with Crippen molar-refractivity contribution in [3.05, 3.63) is 54.1 Å².